The van der Waals surface area contributed by atoms with Crippen molar-refractivity contribution in [3.63, 3.8) is 0 Å². The van der Waals surface area contributed by atoms with E-state index in [2.05, 4.69) is 10.1 Å². The van der Waals surface area contributed by atoms with E-state index in [9.17, 15) is 4.39 Å². The summed E-state index contributed by atoms with van der Waals surface area (Å²) in [5.41, 5.74) is 1.93. The molecule has 3 nitrogen and oxygen atoms in total. The molecule has 0 radical (unpaired) electrons. The molecule has 0 saturated carbocycles. The number of hydrogen-bond acceptors (Lipinski definition) is 3. The molecule has 5 heteroatoms. The van der Waals surface area contributed by atoms with E-state index in [0.29, 0.717) is 11.6 Å². The van der Waals surface area contributed by atoms with Crippen LogP contribution in [0.25, 0.3) is 0 Å². The Bertz CT molecular complexity index is 628. The van der Waals surface area contributed by atoms with Gasteiger partial charge in [-0.15, -0.1) is 0 Å². The van der Waals surface area contributed by atoms with Crippen LogP contribution in [-0.4, -0.2) is 16.6 Å². The van der Waals surface area contributed by atoms with Gasteiger partial charge >= 0.3 is 0 Å². The topological polar surface area (TPSA) is 29.3 Å². The van der Waals surface area contributed by atoms with Crippen LogP contribution in [0.1, 0.15) is 42.3 Å². The summed E-state index contributed by atoms with van der Waals surface area (Å²) in [6, 6.07) is 6.83. The van der Waals surface area contributed by atoms with Gasteiger partial charge in [0.05, 0.1) is 6.04 Å². The van der Waals surface area contributed by atoms with Gasteiger partial charge in [0.2, 0.25) is 0 Å². The summed E-state index contributed by atoms with van der Waals surface area (Å²) < 4.78 is 18.4. The van der Waals surface area contributed by atoms with Crippen LogP contribution in [0.5, 0.6) is 0 Å². The molecule has 21 heavy (non-hydrogen) atoms. The number of benzene rings is 1. The van der Waals surface area contributed by atoms with Crippen molar-refractivity contribution in [3.8, 4) is 0 Å². The standard InChI is InChI=1S/C16H18ClFN2O/c1-11-8-15(19-21-11)16-4-2-3-7-20(16)10-12-5-6-13(18)9-14(12)17/h5-6,8-9,16H,2-4,7,10H2,1H3/t16-/m1/s1. The van der Waals surface area contributed by atoms with Crippen LogP contribution in [0.4, 0.5) is 4.39 Å². The van der Waals surface area contributed by atoms with Gasteiger partial charge in [0.25, 0.3) is 0 Å². The molecule has 1 fully saturated rings. The lowest BCUT2D eigenvalue weighted by atomic mass is 9.98. The number of rotatable bonds is 3. The monoisotopic (exact) mass is 308 g/mol. The van der Waals surface area contributed by atoms with Crippen molar-refractivity contribution in [2.75, 3.05) is 6.54 Å². The molecule has 1 aliphatic heterocycles. The van der Waals surface area contributed by atoms with Crippen molar-refractivity contribution >= 4 is 11.6 Å². The zero-order valence-electron chi connectivity index (χ0n) is 12.0. The van der Waals surface area contributed by atoms with Crippen LogP contribution in [-0.2, 0) is 6.54 Å². The highest BCUT2D eigenvalue weighted by molar-refractivity contribution is 6.31. The van der Waals surface area contributed by atoms with E-state index in [4.69, 9.17) is 16.1 Å². The normalized spacial score (nSPS) is 19.9. The molecule has 112 valence electrons. The Morgan fingerprint density at radius 2 is 2.24 bits per heavy atom. The molecule has 1 saturated heterocycles. The number of piperidine rings is 1. The Morgan fingerprint density at radius 3 is 2.95 bits per heavy atom. The summed E-state index contributed by atoms with van der Waals surface area (Å²) in [5, 5.41) is 4.64. The van der Waals surface area contributed by atoms with E-state index in [1.807, 2.05) is 13.0 Å². The first-order valence-corrected chi connectivity index (χ1v) is 7.62. The maximum Gasteiger partial charge on any atom is 0.133 e. The van der Waals surface area contributed by atoms with Crippen LogP contribution < -0.4 is 0 Å². The van der Waals surface area contributed by atoms with Crippen molar-refractivity contribution < 1.29 is 8.91 Å². The molecule has 3 rings (SSSR count). The highest BCUT2D eigenvalue weighted by Gasteiger charge is 2.27. The fraction of sp³-hybridized carbons (Fsp3) is 0.438. The van der Waals surface area contributed by atoms with Crippen LogP contribution in [0.3, 0.4) is 0 Å². The smallest absolute Gasteiger partial charge is 0.133 e. The summed E-state index contributed by atoms with van der Waals surface area (Å²) in [4.78, 5) is 2.35. The molecular weight excluding hydrogens is 291 g/mol. The maximum atomic E-state index is 13.2. The lowest BCUT2D eigenvalue weighted by molar-refractivity contribution is 0.134. The van der Waals surface area contributed by atoms with E-state index in [-0.39, 0.29) is 11.9 Å². The molecule has 0 N–H and O–H groups in total. The minimum Gasteiger partial charge on any atom is -0.361 e. The van der Waals surface area contributed by atoms with E-state index < -0.39 is 0 Å². The summed E-state index contributed by atoms with van der Waals surface area (Å²) in [6.07, 6.45) is 3.40. The summed E-state index contributed by atoms with van der Waals surface area (Å²) in [6.45, 7) is 3.60. The van der Waals surface area contributed by atoms with Crippen molar-refractivity contribution in [2.24, 2.45) is 0 Å². The molecule has 1 atom stereocenters. The Labute approximate surface area is 128 Å². The van der Waals surface area contributed by atoms with Gasteiger partial charge in [-0.1, -0.05) is 29.2 Å². The highest BCUT2D eigenvalue weighted by atomic mass is 35.5. The van der Waals surface area contributed by atoms with Gasteiger partial charge in [-0.2, -0.15) is 0 Å². The first-order valence-electron chi connectivity index (χ1n) is 7.24. The zero-order chi connectivity index (χ0) is 14.8. The highest BCUT2D eigenvalue weighted by Crippen LogP contribution is 2.32. The molecular formula is C16H18ClFN2O. The Hall–Kier alpha value is -1.39. The van der Waals surface area contributed by atoms with Gasteiger partial charge in [0, 0.05) is 17.6 Å². The largest absolute Gasteiger partial charge is 0.361 e. The third-order valence-electron chi connectivity index (χ3n) is 3.99. The molecule has 0 amide bonds. The SMILES string of the molecule is Cc1cc([C@H]2CCCCN2Cc2ccc(F)cc2Cl)no1. The molecule has 0 bridgehead atoms. The van der Waals surface area contributed by atoms with Crippen LogP contribution in [0.2, 0.25) is 5.02 Å². The molecule has 2 aromatic rings. The van der Waals surface area contributed by atoms with Crippen molar-refractivity contribution in [1.29, 1.82) is 0 Å². The summed E-state index contributed by atoms with van der Waals surface area (Å²) >= 11 is 6.15. The third kappa shape index (κ3) is 3.27. The van der Waals surface area contributed by atoms with Crippen LogP contribution in [0, 0.1) is 12.7 Å². The first-order chi connectivity index (χ1) is 10.1. The average Bonchev–Trinajstić information content (AvgIpc) is 2.89. The average molecular weight is 309 g/mol. The van der Waals surface area contributed by atoms with Crippen molar-refractivity contribution in [3.05, 3.63) is 52.1 Å². The van der Waals surface area contributed by atoms with Gasteiger partial charge in [0.1, 0.15) is 17.3 Å². The van der Waals surface area contributed by atoms with Crippen molar-refractivity contribution in [2.45, 2.75) is 38.8 Å². The number of nitrogens with zero attached hydrogens (tertiary/aromatic N) is 2. The number of hydrogen-bond donors (Lipinski definition) is 0. The van der Waals surface area contributed by atoms with E-state index >= 15 is 0 Å². The van der Waals surface area contributed by atoms with E-state index in [1.165, 1.54) is 18.6 Å². The van der Waals surface area contributed by atoms with Crippen molar-refractivity contribution in [1.82, 2.24) is 10.1 Å². The summed E-state index contributed by atoms with van der Waals surface area (Å²) in [5.74, 6) is 0.529. The van der Waals surface area contributed by atoms with Gasteiger partial charge in [-0.3, -0.25) is 4.90 Å². The number of halogens is 2. The van der Waals surface area contributed by atoms with E-state index in [1.54, 1.807) is 6.07 Å². The fourth-order valence-corrected chi connectivity index (χ4v) is 3.15. The molecule has 2 heterocycles. The molecule has 1 aromatic carbocycles. The van der Waals surface area contributed by atoms with Gasteiger partial charge in [-0.05, 0) is 44.0 Å². The molecule has 0 unspecified atom stereocenters. The van der Waals surface area contributed by atoms with Gasteiger partial charge < -0.3 is 4.52 Å². The van der Waals surface area contributed by atoms with Gasteiger partial charge in [0.15, 0.2) is 0 Å². The number of aromatic nitrogens is 1. The number of aryl methyl sites for hydroxylation is 1. The minimum atomic E-state index is -0.300. The second kappa shape index (κ2) is 6.16. The molecule has 1 aromatic heterocycles. The minimum absolute atomic E-state index is 0.248. The lowest BCUT2D eigenvalue weighted by Crippen LogP contribution is -2.33. The Balaban J connectivity index is 1.81. The van der Waals surface area contributed by atoms with Crippen LogP contribution in [0.15, 0.2) is 28.8 Å². The second-order valence-corrected chi connectivity index (χ2v) is 5.99. The maximum absolute atomic E-state index is 13.2. The van der Waals surface area contributed by atoms with Gasteiger partial charge in [-0.25, -0.2) is 4.39 Å². The molecule has 0 spiro atoms. The predicted octanol–water partition coefficient (Wildman–Crippen LogP) is 4.50. The zero-order valence-corrected chi connectivity index (χ0v) is 12.7. The summed E-state index contributed by atoms with van der Waals surface area (Å²) in [7, 11) is 0. The Kier molecular flexibility index (Phi) is 4.27. The lowest BCUT2D eigenvalue weighted by Gasteiger charge is -2.34. The Morgan fingerprint density at radius 1 is 1.38 bits per heavy atom. The number of likely N-dealkylation sites (tertiary alicyclic amines) is 1. The quantitative estimate of drug-likeness (QED) is 0.836. The first kappa shape index (κ1) is 14.5. The second-order valence-electron chi connectivity index (χ2n) is 5.58. The molecule has 0 aliphatic carbocycles. The predicted molar refractivity (Wildman–Crippen MR) is 79.7 cm³/mol. The third-order valence-corrected chi connectivity index (χ3v) is 4.34. The van der Waals surface area contributed by atoms with Crippen LogP contribution >= 0.6 is 11.6 Å². The molecule has 1 aliphatic rings. The van der Waals surface area contributed by atoms with E-state index in [0.717, 1.165) is 36.4 Å². The fourth-order valence-electron chi connectivity index (χ4n) is 2.93.